The Morgan fingerprint density at radius 1 is 1.14 bits per heavy atom. The molecular formula is C20H15N3O4S. The van der Waals surface area contributed by atoms with Crippen LogP contribution in [0.2, 0.25) is 0 Å². The minimum Gasteiger partial charge on any atom is -0.289 e. The first-order valence-electron chi connectivity index (χ1n) is 8.24. The van der Waals surface area contributed by atoms with Gasteiger partial charge in [-0.25, -0.2) is 4.98 Å². The Labute approximate surface area is 164 Å². The molecule has 28 heavy (non-hydrogen) atoms. The number of carbonyl (C=O) groups excluding carboxylic acids is 2. The van der Waals surface area contributed by atoms with Gasteiger partial charge in [-0.1, -0.05) is 30.3 Å². The second-order valence-electron chi connectivity index (χ2n) is 5.75. The molecule has 0 bridgehead atoms. The van der Waals surface area contributed by atoms with Gasteiger partial charge in [0, 0.05) is 30.0 Å². The van der Waals surface area contributed by atoms with E-state index in [1.807, 2.05) is 30.3 Å². The number of ketones is 1. The van der Waals surface area contributed by atoms with Crippen molar-refractivity contribution in [3.63, 3.8) is 0 Å². The number of benzene rings is 2. The first kappa shape index (κ1) is 19.1. The van der Waals surface area contributed by atoms with E-state index in [0.717, 1.165) is 0 Å². The molecule has 0 saturated heterocycles. The lowest BCUT2D eigenvalue weighted by Crippen LogP contribution is -2.22. The Morgan fingerprint density at radius 3 is 2.57 bits per heavy atom. The number of thiazole rings is 1. The third-order valence-electron chi connectivity index (χ3n) is 3.78. The highest BCUT2D eigenvalue weighted by molar-refractivity contribution is 7.14. The summed E-state index contributed by atoms with van der Waals surface area (Å²) in [5, 5.41) is 13.0. The quantitative estimate of drug-likeness (QED) is 0.263. The maximum absolute atomic E-state index is 12.3. The Bertz CT molecular complexity index is 1060. The van der Waals surface area contributed by atoms with Gasteiger partial charge in [-0.2, -0.15) is 0 Å². The number of allylic oxidation sites excluding steroid dienone is 1. The predicted octanol–water partition coefficient (Wildman–Crippen LogP) is 4.63. The van der Waals surface area contributed by atoms with Crippen molar-refractivity contribution in [1.82, 2.24) is 4.98 Å². The lowest BCUT2D eigenvalue weighted by Gasteiger charge is -2.17. The number of carbonyl (C=O) groups is 2. The number of para-hydroxylation sites is 1. The molecule has 0 N–H and O–H groups in total. The van der Waals surface area contributed by atoms with Gasteiger partial charge in [-0.3, -0.25) is 24.6 Å². The number of rotatable bonds is 6. The summed E-state index contributed by atoms with van der Waals surface area (Å²) in [7, 11) is 0. The molecule has 0 atom stereocenters. The summed E-state index contributed by atoms with van der Waals surface area (Å²) in [5.74, 6) is -0.548. The minimum atomic E-state index is -0.548. The molecule has 0 aliphatic rings. The molecule has 0 aliphatic heterocycles. The molecular weight excluding hydrogens is 378 g/mol. The minimum absolute atomic E-state index is 0.143. The molecule has 0 radical (unpaired) electrons. The highest BCUT2D eigenvalue weighted by atomic mass is 32.1. The number of nitrogens with zero attached hydrogens (tertiary/aromatic N) is 3. The number of amides is 1. The van der Waals surface area contributed by atoms with Crippen molar-refractivity contribution >= 4 is 45.6 Å². The Balaban J connectivity index is 1.80. The van der Waals surface area contributed by atoms with Gasteiger partial charge in [-0.15, -0.1) is 11.3 Å². The van der Waals surface area contributed by atoms with Crippen LogP contribution in [-0.4, -0.2) is 21.6 Å². The first-order valence-corrected chi connectivity index (χ1v) is 9.12. The monoisotopic (exact) mass is 393 g/mol. The van der Waals surface area contributed by atoms with E-state index in [1.54, 1.807) is 5.38 Å². The summed E-state index contributed by atoms with van der Waals surface area (Å²) in [6, 6.07) is 14.7. The lowest BCUT2D eigenvalue weighted by molar-refractivity contribution is -0.384. The highest BCUT2D eigenvalue weighted by Gasteiger charge is 2.17. The van der Waals surface area contributed by atoms with Crippen LogP contribution >= 0.6 is 11.3 Å². The van der Waals surface area contributed by atoms with Crippen molar-refractivity contribution in [2.75, 3.05) is 4.90 Å². The summed E-state index contributed by atoms with van der Waals surface area (Å²) in [5.41, 5.74) is 1.29. The fourth-order valence-electron chi connectivity index (χ4n) is 2.49. The second-order valence-corrected chi connectivity index (χ2v) is 6.59. The van der Waals surface area contributed by atoms with Crippen molar-refractivity contribution in [3.05, 3.63) is 87.4 Å². The Hall–Kier alpha value is -3.65. The summed E-state index contributed by atoms with van der Waals surface area (Å²) < 4.78 is 0. The molecule has 140 valence electrons. The molecule has 0 aliphatic carbocycles. The van der Waals surface area contributed by atoms with Crippen LogP contribution in [0.4, 0.5) is 16.5 Å². The molecule has 1 amide bonds. The largest absolute Gasteiger partial charge is 0.289 e. The molecule has 0 spiro atoms. The van der Waals surface area contributed by atoms with Crippen molar-refractivity contribution in [2.45, 2.75) is 6.92 Å². The fourth-order valence-corrected chi connectivity index (χ4v) is 3.34. The number of aromatic nitrogens is 1. The standard InChI is InChI=1S/C20H15N3O4S/c1-14(24)22(17-7-3-2-4-8-17)20-21-16(13-28-20)10-11-19(25)15-6-5-9-18(12-15)23(26)27/h2-13H,1H3/b11-10+. The molecule has 0 fully saturated rings. The zero-order valence-electron chi connectivity index (χ0n) is 14.8. The fraction of sp³-hybridized carbons (Fsp3) is 0.0500. The third-order valence-corrected chi connectivity index (χ3v) is 4.62. The van der Waals surface area contributed by atoms with Gasteiger partial charge in [0.1, 0.15) is 0 Å². The zero-order chi connectivity index (χ0) is 20.1. The lowest BCUT2D eigenvalue weighted by atomic mass is 10.1. The normalized spacial score (nSPS) is 10.8. The van der Waals surface area contributed by atoms with Gasteiger partial charge in [0.05, 0.1) is 16.3 Å². The van der Waals surface area contributed by atoms with Crippen LogP contribution in [0.25, 0.3) is 6.08 Å². The predicted molar refractivity (Wildman–Crippen MR) is 108 cm³/mol. The third kappa shape index (κ3) is 4.36. The van der Waals surface area contributed by atoms with Crippen LogP contribution < -0.4 is 4.90 Å². The number of nitro benzene ring substituents is 1. The van der Waals surface area contributed by atoms with E-state index in [9.17, 15) is 19.7 Å². The van der Waals surface area contributed by atoms with E-state index in [-0.39, 0.29) is 22.9 Å². The van der Waals surface area contributed by atoms with E-state index in [2.05, 4.69) is 4.98 Å². The topological polar surface area (TPSA) is 93.4 Å². The van der Waals surface area contributed by atoms with Crippen LogP contribution in [-0.2, 0) is 4.79 Å². The van der Waals surface area contributed by atoms with Crippen LogP contribution in [0, 0.1) is 10.1 Å². The van der Waals surface area contributed by atoms with Crippen molar-refractivity contribution in [2.24, 2.45) is 0 Å². The second kappa shape index (κ2) is 8.36. The van der Waals surface area contributed by atoms with E-state index in [1.165, 1.54) is 59.6 Å². The molecule has 1 aromatic heterocycles. The van der Waals surface area contributed by atoms with Gasteiger partial charge < -0.3 is 0 Å². The van der Waals surface area contributed by atoms with Crippen LogP contribution in [0.1, 0.15) is 23.0 Å². The van der Waals surface area contributed by atoms with Crippen LogP contribution in [0.3, 0.4) is 0 Å². The van der Waals surface area contributed by atoms with E-state index in [0.29, 0.717) is 16.5 Å². The molecule has 2 aromatic carbocycles. The first-order chi connectivity index (χ1) is 13.5. The number of anilines is 2. The maximum atomic E-state index is 12.3. The van der Waals surface area contributed by atoms with Crippen LogP contribution in [0.5, 0.6) is 0 Å². The van der Waals surface area contributed by atoms with E-state index >= 15 is 0 Å². The highest BCUT2D eigenvalue weighted by Crippen LogP contribution is 2.29. The number of nitro groups is 1. The molecule has 0 unspecified atom stereocenters. The van der Waals surface area contributed by atoms with Crippen molar-refractivity contribution in [1.29, 1.82) is 0 Å². The zero-order valence-corrected chi connectivity index (χ0v) is 15.6. The van der Waals surface area contributed by atoms with Gasteiger partial charge in [0.25, 0.3) is 5.69 Å². The average molecular weight is 393 g/mol. The van der Waals surface area contributed by atoms with Gasteiger partial charge >= 0.3 is 0 Å². The SMILES string of the molecule is CC(=O)N(c1ccccc1)c1nc(/C=C/C(=O)c2cccc([N+](=O)[O-])c2)cs1. The molecule has 1 heterocycles. The van der Waals surface area contributed by atoms with Gasteiger partial charge in [-0.05, 0) is 24.3 Å². The van der Waals surface area contributed by atoms with Crippen molar-refractivity contribution < 1.29 is 14.5 Å². The summed E-state index contributed by atoms with van der Waals surface area (Å²) >= 11 is 1.28. The molecule has 0 saturated carbocycles. The Morgan fingerprint density at radius 2 is 1.89 bits per heavy atom. The average Bonchev–Trinajstić information content (AvgIpc) is 3.15. The van der Waals surface area contributed by atoms with E-state index < -0.39 is 4.92 Å². The van der Waals surface area contributed by atoms with Gasteiger partial charge in [0.2, 0.25) is 5.91 Å². The summed E-state index contributed by atoms with van der Waals surface area (Å²) in [6.07, 6.45) is 2.82. The summed E-state index contributed by atoms with van der Waals surface area (Å²) in [4.78, 5) is 40.5. The maximum Gasteiger partial charge on any atom is 0.270 e. The van der Waals surface area contributed by atoms with Gasteiger partial charge in [0.15, 0.2) is 10.9 Å². The van der Waals surface area contributed by atoms with E-state index in [4.69, 9.17) is 0 Å². The number of hydrogen-bond donors (Lipinski definition) is 0. The number of hydrogen-bond acceptors (Lipinski definition) is 6. The summed E-state index contributed by atoms with van der Waals surface area (Å²) in [6.45, 7) is 1.45. The smallest absolute Gasteiger partial charge is 0.270 e. The van der Waals surface area contributed by atoms with Crippen molar-refractivity contribution in [3.8, 4) is 0 Å². The number of non-ortho nitro benzene ring substituents is 1. The molecule has 7 nitrogen and oxygen atoms in total. The van der Waals surface area contributed by atoms with Crippen LogP contribution in [0.15, 0.2) is 66.1 Å². The molecule has 3 rings (SSSR count). The molecule has 8 heteroatoms. The Kier molecular flexibility index (Phi) is 5.71. The molecule has 3 aromatic rings.